The van der Waals surface area contributed by atoms with Crippen LogP contribution in [0.15, 0.2) is 10.5 Å². The third-order valence-electron chi connectivity index (χ3n) is 2.47. The molecule has 0 bridgehead atoms. The second-order valence-electron chi connectivity index (χ2n) is 4.50. The van der Waals surface area contributed by atoms with Gasteiger partial charge in [0.25, 0.3) is 0 Å². The van der Waals surface area contributed by atoms with Crippen molar-refractivity contribution in [2.45, 2.75) is 26.4 Å². The minimum Gasteiger partial charge on any atom is -0.406 e. The van der Waals surface area contributed by atoms with Crippen LogP contribution >= 0.6 is 0 Å². The van der Waals surface area contributed by atoms with Crippen molar-refractivity contribution in [2.75, 3.05) is 5.32 Å². The Morgan fingerprint density at radius 3 is 2.29 bits per heavy atom. The molecular weight excluding hydrogens is 292 g/mol. The molecule has 0 unspecified atom stereocenters. The number of rotatable bonds is 5. The molecule has 5 nitrogen and oxygen atoms in total. The Morgan fingerprint density at radius 2 is 1.71 bits per heavy atom. The van der Waals surface area contributed by atoms with Crippen molar-refractivity contribution in [2.24, 2.45) is 0 Å². The molecule has 2 rings (SSSR count). The van der Waals surface area contributed by atoms with E-state index in [1.54, 1.807) is 0 Å². The number of halogens is 4. The topological polar surface area (TPSA) is 63.0 Å². The normalized spacial score (nSPS) is 11.2. The number of nitrogens with one attached hydrogen (secondary N) is 2. The first-order valence-corrected chi connectivity index (χ1v) is 6.04. The molecule has 0 aliphatic heterocycles. The van der Waals surface area contributed by atoms with Crippen molar-refractivity contribution >= 4 is 11.7 Å². The lowest BCUT2D eigenvalue weighted by atomic mass is 10.2. The molecule has 0 aliphatic rings. The highest BCUT2D eigenvalue weighted by molar-refractivity contribution is 5.54. The maximum absolute atomic E-state index is 13.4. The highest BCUT2D eigenvalue weighted by Crippen LogP contribution is 2.26. The summed E-state index contributed by atoms with van der Waals surface area (Å²) in [6.45, 7) is 4.04. The number of hydrogen-bond donors (Lipinski definition) is 2. The van der Waals surface area contributed by atoms with Gasteiger partial charge in [-0.1, -0.05) is 18.9 Å². The molecule has 114 valence electrons. The van der Waals surface area contributed by atoms with Crippen molar-refractivity contribution in [1.82, 2.24) is 15.5 Å². The van der Waals surface area contributed by atoms with Gasteiger partial charge in [-0.3, -0.25) is 0 Å². The molecule has 21 heavy (non-hydrogen) atoms. The molecule has 2 aromatic rings. The van der Waals surface area contributed by atoms with E-state index in [2.05, 4.69) is 15.5 Å². The van der Waals surface area contributed by atoms with Crippen LogP contribution in [0.2, 0.25) is 0 Å². The van der Waals surface area contributed by atoms with E-state index in [1.807, 2.05) is 19.2 Å². The Kier molecular flexibility index (Phi) is 4.41. The van der Waals surface area contributed by atoms with E-state index in [9.17, 15) is 17.6 Å². The molecule has 0 atom stereocenters. The molecule has 1 aromatic carbocycles. The van der Waals surface area contributed by atoms with E-state index in [1.165, 1.54) is 0 Å². The lowest BCUT2D eigenvalue weighted by Crippen LogP contribution is -2.21. The maximum Gasteiger partial charge on any atom is 0.320 e. The van der Waals surface area contributed by atoms with Crippen LogP contribution in [0.5, 0.6) is 0 Å². The molecule has 0 amide bonds. The number of aromatic nitrogens is 2. The van der Waals surface area contributed by atoms with Gasteiger partial charge in [-0.15, -0.1) is 5.10 Å². The summed E-state index contributed by atoms with van der Waals surface area (Å²) in [5.41, 5.74) is -1.03. The summed E-state index contributed by atoms with van der Waals surface area (Å²) in [5.74, 6) is -6.05. The van der Waals surface area contributed by atoms with Crippen LogP contribution in [0.1, 0.15) is 19.7 Å². The van der Waals surface area contributed by atoms with Crippen LogP contribution < -0.4 is 10.6 Å². The van der Waals surface area contributed by atoms with E-state index >= 15 is 0 Å². The predicted molar refractivity (Wildman–Crippen MR) is 65.8 cm³/mol. The zero-order chi connectivity index (χ0) is 15.6. The van der Waals surface area contributed by atoms with Gasteiger partial charge >= 0.3 is 6.01 Å². The molecule has 9 heteroatoms. The molecule has 1 aromatic heterocycles. The van der Waals surface area contributed by atoms with Crippen LogP contribution in [0.25, 0.3) is 0 Å². The first-order valence-electron chi connectivity index (χ1n) is 6.04. The fourth-order valence-corrected chi connectivity index (χ4v) is 1.46. The first-order chi connectivity index (χ1) is 9.88. The molecule has 1 heterocycles. The number of hydrogen-bond acceptors (Lipinski definition) is 5. The Labute approximate surface area is 117 Å². The first kappa shape index (κ1) is 15.2. The van der Waals surface area contributed by atoms with Gasteiger partial charge in [0, 0.05) is 12.1 Å². The van der Waals surface area contributed by atoms with Gasteiger partial charge in [0.15, 0.2) is 23.3 Å². The highest BCUT2D eigenvalue weighted by atomic mass is 19.2. The summed E-state index contributed by atoms with van der Waals surface area (Å²) in [7, 11) is 0. The average Bonchev–Trinajstić information content (AvgIpc) is 2.87. The SMILES string of the molecule is CC(C)NCc1nnc(Nc2c(F)c(F)cc(F)c2F)o1. The van der Waals surface area contributed by atoms with Crippen molar-refractivity contribution < 1.29 is 22.0 Å². The summed E-state index contributed by atoms with van der Waals surface area (Å²) >= 11 is 0. The average molecular weight is 304 g/mol. The fraction of sp³-hybridized carbons (Fsp3) is 0.333. The zero-order valence-corrected chi connectivity index (χ0v) is 11.2. The second kappa shape index (κ2) is 6.08. The van der Waals surface area contributed by atoms with E-state index in [-0.39, 0.29) is 30.6 Å². The van der Waals surface area contributed by atoms with Crippen LogP contribution in [-0.2, 0) is 6.54 Å². The standard InChI is InChI=1S/C12H12F4N4O/c1-5(2)17-4-8-19-20-12(21-8)18-11-9(15)6(13)3-7(14)10(11)16/h3,5,17H,4H2,1-2H3,(H,18,20). The van der Waals surface area contributed by atoms with E-state index in [0.717, 1.165) is 0 Å². The van der Waals surface area contributed by atoms with Crippen LogP contribution in [0.4, 0.5) is 29.3 Å². The van der Waals surface area contributed by atoms with Gasteiger partial charge < -0.3 is 15.1 Å². The molecule has 0 saturated carbocycles. The number of nitrogens with zero attached hydrogens (tertiary/aromatic N) is 2. The summed E-state index contributed by atoms with van der Waals surface area (Å²) < 4.78 is 58.0. The van der Waals surface area contributed by atoms with Crippen molar-refractivity contribution in [3.63, 3.8) is 0 Å². The molecule has 0 aliphatic carbocycles. The van der Waals surface area contributed by atoms with E-state index in [4.69, 9.17) is 4.42 Å². The van der Waals surface area contributed by atoms with Gasteiger partial charge in [-0.25, -0.2) is 17.6 Å². The maximum atomic E-state index is 13.4. The van der Waals surface area contributed by atoms with Crippen molar-refractivity contribution in [3.8, 4) is 0 Å². The van der Waals surface area contributed by atoms with Crippen molar-refractivity contribution in [1.29, 1.82) is 0 Å². The predicted octanol–water partition coefficient (Wildman–Crippen LogP) is 2.87. The summed E-state index contributed by atoms with van der Waals surface area (Å²) in [6, 6.07) is -0.0966. The molecule has 0 spiro atoms. The van der Waals surface area contributed by atoms with Crippen LogP contribution in [-0.4, -0.2) is 16.2 Å². The van der Waals surface area contributed by atoms with Crippen molar-refractivity contribution in [3.05, 3.63) is 35.2 Å². The van der Waals surface area contributed by atoms with E-state index in [0.29, 0.717) is 0 Å². The lowest BCUT2D eigenvalue weighted by molar-refractivity contribution is 0.450. The number of benzene rings is 1. The summed E-state index contributed by atoms with van der Waals surface area (Å²) in [4.78, 5) is 0. The fourth-order valence-electron chi connectivity index (χ4n) is 1.46. The van der Waals surface area contributed by atoms with Gasteiger partial charge in [0.1, 0.15) is 5.69 Å². The van der Waals surface area contributed by atoms with Gasteiger partial charge in [-0.2, -0.15) is 0 Å². The van der Waals surface area contributed by atoms with E-state index < -0.39 is 29.0 Å². The highest BCUT2D eigenvalue weighted by Gasteiger charge is 2.21. The van der Waals surface area contributed by atoms with Crippen LogP contribution in [0.3, 0.4) is 0 Å². The quantitative estimate of drug-likeness (QED) is 0.657. The molecular formula is C12H12F4N4O. The Morgan fingerprint density at radius 1 is 1.10 bits per heavy atom. The minimum atomic E-state index is -1.58. The van der Waals surface area contributed by atoms with Gasteiger partial charge in [-0.05, 0) is 0 Å². The van der Waals surface area contributed by atoms with Gasteiger partial charge in [0.05, 0.1) is 6.54 Å². The number of anilines is 2. The second-order valence-corrected chi connectivity index (χ2v) is 4.50. The molecule has 0 fully saturated rings. The monoisotopic (exact) mass is 304 g/mol. The lowest BCUT2D eigenvalue weighted by Gasteiger charge is -2.06. The Bertz CT molecular complexity index is 618. The Balaban J connectivity index is 2.19. The smallest absolute Gasteiger partial charge is 0.320 e. The Hall–Kier alpha value is -2.16. The summed E-state index contributed by atoms with van der Waals surface area (Å²) in [5, 5.41) is 12.1. The van der Waals surface area contributed by atoms with Crippen LogP contribution in [0, 0.1) is 23.3 Å². The van der Waals surface area contributed by atoms with Gasteiger partial charge in [0.2, 0.25) is 5.89 Å². The third kappa shape index (κ3) is 3.48. The molecule has 0 radical (unpaired) electrons. The molecule has 2 N–H and O–H groups in total. The summed E-state index contributed by atoms with van der Waals surface area (Å²) in [6.07, 6.45) is 0. The third-order valence-corrected chi connectivity index (χ3v) is 2.47. The largest absolute Gasteiger partial charge is 0.406 e. The molecule has 0 saturated heterocycles. The zero-order valence-electron chi connectivity index (χ0n) is 11.2. The minimum absolute atomic E-state index is 0.113.